The zero-order valence-electron chi connectivity index (χ0n) is 14.0. The van der Waals surface area contributed by atoms with Crippen LogP contribution < -0.4 is 0 Å². The summed E-state index contributed by atoms with van der Waals surface area (Å²) in [5.74, 6) is 1.29. The Bertz CT molecular complexity index is 672. The van der Waals surface area contributed by atoms with E-state index in [1.807, 2.05) is 31.7 Å². The van der Waals surface area contributed by atoms with E-state index >= 15 is 0 Å². The van der Waals surface area contributed by atoms with E-state index in [0.717, 1.165) is 61.2 Å². The van der Waals surface area contributed by atoms with Gasteiger partial charge in [0.2, 0.25) is 0 Å². The molecule has 0 radical (unpaired) electrons. The predicted octanol–water partition coefficient (Wildman–Crippen LogP) is 3.01. The molecule has 1 fully saturated rings. The van der Waals surface area contributed by atoms with E-state index in [1.54, 1.807) is 11.3 Å². The van der Waals surface area contributed by atoms with Crippen molar-refractivity contribution in [3.05, 3.63) is 39.2 Å². The molecule has 1 aliphatic rings. The number of amides is 1. The summed E-state index contributed by atoms with van der Waals surface area (Å²) in [5.41, 5.74) is 2.16. The fourth-order valence-electron chi connectivity index (χ4n) is 2.88. The van der Waals surface area contributed by atoms with Gasteiger partial charge in [-0.1, -0.05) is 0 Å². The van der Waals surface area contributed by atoms with Crippen LogP contribution in [0.3, 0.4) is 0 Å². The quantitative estimate of drug-likeness (QED) is 0.866. The zero-order valence-corrected chi connectivity index (χ0v) is 14.8. The van der Waals surface area contributed by atoms with Crippen LogP contribution in [0, 0.1) is 20.8 Å². The first-order valence-corrected chi connectivity index (χ1v) is 8.90. The standard InChI is InChI=1S/C17H23N3O2S/c1-12-9-16(22-13(12)2)17(21)20-6-4-5-19(7-8-20)10-15-11-23-14(3)18-15/h9,11H,4-8,10H2,1-3H3. The molecule has 1 amide bonds. The predicted molar refractivity (Wildman–Crippen MR) is 90.8 cm³/mol. The highest BCUT2D eigenvalue weighted by Crippen LogP contribution is 2.17. The molecule has 3 rings (SSSR count). The van der Waals surface area contributed by atoms with Crippen LogP contribution in [0.4, 0.5) is 0 Å². The van der Waals surface area contributed by atoms with Crippen molar-refractivity contribution in [3.8, 4) is 0 Å². The van der Waals surface area contributed by atoms with Crippen molar-refractivity contribution in [2.45, 2.75) is 33.7 Å². The molecule has 0 spiro atoms. The molecule has 0 aromatic carbocycles. The summed E-state index contributed by atoms with van der Waals surface area (Å²) in [6.07, 6.45) is 0.980. The van der Waals surface area contributed by atoms with Crippen LogP contribution in [0.25, 0.3) is 0 Å². The van der Waals surface area contributed by atoms with Crippen LogP contribution in [0.15, 0.2) is 15.9 Å². The van der Waals surface area contributed by atoms with Gasteiger partial charge >= 0.3 is 0 Å². The summed E-state index contributed by atoms with van der Waals surface area (Å²) in [6, 6.07) is 1.85. The van der Waals surface area contributed by atoms with Crippen LogP contribution in [0.1, 0.15) is 39.0 Å². The molecule has 0 atom stereocenters. The topological polar surface area (TPSA) is 49.6 Å². The number of rotatable bonds is 3. The molecule has 1 saturated heterocycles. The van der Waals surface area contributed by atoms with Crippen LogP contribution in [0.5, 0.6) is 0 Å². The van der Waals surface area contributed by atoms with Gasteiger partial charge in [-0.15, -0.1) is 11.3 Å². The molecule has 3 heterocycles. The second-order valence-corrected chi connectivity index (χ2v) is 7.19. The minimum absolute atomic E-state index is 0.00699. The van der Waals surface area contributed by atoms with Gasteiger partial charge in [0.1, 0.15) is 5.76 Å². The lowest BCUT2D eigenvalue weighted by molar-refractivity contribution is 0.0728. The fraction of sp³-hybridized carbons (Fsp3) is 0.529. The normalized spacial score (nSPS) is 16.6. The highest BCUT2D eigenvalue weighted by Gasteiger charge is 2.23. The SMILES string of the molecule is Cc1nc(CN2CCCN(C(=O)c3cc(C)c(C)o3)CC2)cs1. The Labute approximate surface area is 140 Å². The summed E-state index contributed by atoms with van der Waals surface area (Å²) < 4.78 is 5.58. The summed E-state index contributed by atoms with van der Waals surface area (Å²) in [6.45, 7) is 10.2. The van der Waals surface area contributed by atoms with E-state index in [-0.39, 0.29) is 5.91 Å². The van der Waals surface area contributed by atoms with Gasteiger partial charge in [0, 0.05) is 38.1 Å². The third kappa shape index (κ3) is 3.82. The average molecular weight is 333 g/mol. The van der Waals surface area contributed by atoms with Gasteiger partial charge in [-0.05, 0) is 38.8 Å². The van der Waals surface area contributed by atoms with E-state index < -0.39 is 0 Å². The molecule has 0 aliphatic carbocycles. The van der Waals surface area contributed by atoms with Crippen molar-refractivity contribution in [3.63, 3.8) is 0 Å². The van der Waals surface area contributed by atoms with E-state index in [9.17, 15) is 4.79 Å². The Morgan fingerprint density at radius 2 is 2.09 bits per heavy atom. The summed E-state index contributed by atoms with van der Waals surface area (Å²) in [4.78, 5) is 21.4. The molecule has 124 valence electrons. The lowest BCUT2D eigenvalue weighted by Gasteiger charge is -2.20. The van der Waals surface area contributed by atoms with Gasteiger partial charge in [-0.3, -0.25) is 9.69 Å². The molecular weight excluding hydrogens is 310 g/mol. The number of aromatic nitrogens is 1. The minimum atomic E-state index is 0.00699. The van der Waals surface area contributed by atoms with E-state index in [4.69, 9.17) is 4.42 Å². The highest BCUT2D eigenvalue weighted by atomic mass is 32.1. The Morgan fingerprint density at radius 3 is 2.74 bits per heavy atom. The van der Waals surface area contributed by atoms with Gasteiger partial charge in [0.15, 0.2) is 5.76 Å². The van der Waals surface area contributed by atoms with Crippen molar-refractivity contribution in [2.75, 3.05) is 26.2 Å². The molecule has 5 nitrogen and oxygen atoms in total. The van der Waals surface area contributed by atoms with Crippen LogP contribution in [0.2, 0.25) is 0 Å². The van der Waals surface area contributed by atoms with Gasteiger partial charge in [0.25, 0.3) is 5.91 Å². The van der Waals surface area contributed by atoms with E-state index in [1.165, 1.54) is 0 Å². The number of hydrogen-bond acceptors (Lipinski definition) is 5. The maximum absolute atomic E-state index is 12.6. The van der Waals surface area contributed by atoms with Crippen LogP contribution >= 0.6 is 11.3 Å². The highest BCUT2D eigenvalue weighted by molar-refractivity contribution is 7.09. The lowest BCUT2D eigenvalue weighted by Crippen LogP contribution is -2.35. The molecule has 1 aliphatic heterocycles. The first-order valence-electron chi connectivity index (χ1n) is 8.02. The molecule has 0 N–H and O–H groups in total. The molecular formula is C17H23N3O2S. The molecule has 0 saturated carbocycles. The van der Waals surface area contributed by atoms with Crippen molar-refractivity contribution in [1.82, 2.24) is 14.8 Å². The number of nitrogens with zero attached hydrogens (tertiary/aromatic N) is 3. The Kier molecular flexibility index (Phi) is 4.82. The molecule has 23 heavy (non-hydrogen) atoms. The first kappa shape index (κ1) is 16.2. The van der Waals surface area contributed by atoms with Crippen molar-refractivity contribution in [2.24, 2.45) is 0 Å². The second kappa shape index (κ2) is 6.84. The minimum Gasteiger partial charge on any atom is -0.456 e. The van der Waals surface area contributed by atoms with Crippen molar-refractivity contribution in [1.29, 1.82) is 0 Å². The summed E-state index contributed by atoms with van der Waals surface area (Å²) >= 11 is 1.69. The Hall–Kier alpha value is -1.66. The monoisotopic (exact) mass is 333 g/mol. The summed E-state index contributed by atoms with van der Waals surface area (Å²) in [7, 11) is 0. The maximum atomic E-state index is 12.6. The smallest absolute Gasteiger partial charge is 0.289 e. The Balaban J connectivity index is 1.60. The van der Waals surface area contributed by atoms with Gasteiger partial charge in [-0.25, -0.2) is 4.98 Å². The number of thiazole rings is 1. The van der Waals surface area contributed by atoms with Gasteiger partial charge < -0.3 is 9.32 Å². The largest absolute Gasteiger partial charge is 0.456 e. The molecule has 0 bridgehead atoms. The van der Waals surface area contributed by atoms with Crippen LogP contribution in [-0.4, -0.2) is 46.9 Å². The number of carbonyl (C=O) groups excluding carboxylic acids is 1. The molecule has 2 aromatic heterocycles. The maximum Gasteiger partial charge on any atom is 0.289 e. The third-order valence-corrected chi connectivity index (χ3v) is 5.13. The number of hydrogen-bond donors (Lipinski definition) is 0. The molecule has 2 aromatic rings. The number of furan rings is 1. The Morgan fingerprint density at radius 1 is 1.26 bits per heavy atom. The van der Waals surface area contributed by atoms with E-state index in [2.05, 4.69) is 15.3 Å². The lowest BCUT2D eigenvalue weighted by atomic mass is 10.2. The van der Waals surface area contributed by atoms with E-state index in [0.29, 0.717) is 5.76 Å². The zero-order chi connectivity index (χ0) is 16.4. The number of carbonyl (C=O) groups is 1. The first-order chi connectivity index (χ1) is 11.0. The van der Waals surface area contributed by atoms with Crippen molar-refractivity contribution >= 4 is 17.2 Å². The summed E-state index contributed by atoms with van der Waals surface area (Å²) in [5, 5.41) is 3.23. The molecule has 0 unspecified atom stereocenters. The fourth-order valence-corrected chi connectivity index (χ4v) is 3.48. The van der Waals surface area contributed by atoms with Gasteiger partial charge in [0.05, 0.1) is 10.7 Å². The third-order valence-electron chi connectivity index (χ3n) is 4.30. The average Bonchev–Trinajstić information content (AvgIpc) is 2.98. The van der Waals surface area contributed by atoms with Gasteiger partial charge in [-0.2, -0.15) is 0 Å². The molecule has 6 heteroatoms. The number of aryl methyl sites for hydroxylation is 3. The van der Waals surface area contributed by atoms with Crippen molar-refractivity contribution < 1.29 is 9.21 Å². The van der Waals surface area contributed by atoms with Crippen LogP contribution in [-0.2, 0) is 6.54 Å². The second-order valence-electron chi connectivity index (χ2n) is 6.13.